The number of halogens is 1. The number of carbonyl (C=O) groups excluding carboxylic acids is 2. The van der Waals surface area contributed by atoms with Crippen LogP contribution in [-0.4, -0.2) is 31.6 Å². The zero-order valence-electron chi connectivity index (χ0n) is 13.3. The minimum atomic E-state index is -0.508. The molecule has 0 atom stereocenters. The fourth-order valence-electron chi connectivity index (χ4n) is 1.88. The van der Waals surface area contributed by atoms with Crippen molar-refractivity contribution >= 4 is 27.8 Å². The number of hydrogen-bond donors (Lipinski definition) is 1. The summed E-state index contributed by atoms with van der Waals surface area (Å²) < 4.78 is 11.3. The average Bonchev–Trinajstić information content (AvgIpc) is 2.58. The van der Waals surface area contributed by atoms with Gasteiger partial charge in [0.1, 0.15) is 25.5 Å². The number of ether oxygens (including phenoxy) is 2. The molecular formula is C18H18BrNO4. The fraction of sp³-hybridized carbons (Fsp3) is 0.222. The maximum Gasteiger partial charge on any atom is 0.325 e. The molecular weight excluding hydrogens is 374 g/mol. The van der Waals surface area contributed by atoms with Gasteiger partial charge in [-0.2, -0.15) is 0 Å². The first-order valence-corrected chi connectivity index (χ1v) is 8.23. The molecule has 1 amide bonds. The smallest absolute Gasteiger partial charge is 0.325 e. The summed E-state index contributed by atoms with van der Waals surface area (Å²) in [6.07, 6.45) is 0. The molecule has 0 aromatic heterocycles. The van der Waals surface area contributed by atoms with E-state index in [0.717, 1.165) is 15.8 Å². The van der Waals surface area contributed by atoms with Gasteiger partial charge in [0.2, 0.25) is 0 Å². The molecule has 0 aliphatic carbocycles. The third-order valence-electron chi connectivity index (χ3n) is 3.12. The van der Waals surface area contributed by atoms with Crippen molar-refractivity contribution in [3.05, 3.63) is 64.1 Å². The summed E-state index contributed by atoms with van der Waals surface area (Å²) >= 11 is 3.29. The van der Waals surface area contributed by atoms with E-state index in [0.29, 0.717) is 5.56 Å². The molecule has 2 rings (SSSR count). The van der Waals surface area contributed by atoms with Crippen molar-refractivity contribution in [2.24, 2.45) is 0 Å². The van der Waals surface area contributed by atoms with Crippen LogP contribution in [0.2, 0.25) is 0 Å². The Bertz CT molecular complexity index is 700. The van der Waals surface area contributed by atoms with Gasteiger partial charge >= 0.3 is 5.97 Å². The molecule has 0 heterocycles. The van der Waals surface area contributed by atoms with Gasteiger partial charge in [-0.3, -0.25) is 9.59 Å². The summed E-state index contributed by atoms with van der Waals surface area (Å²) in [6.45, 7) is 2.19. The van der Waals surface area contributed by atoms with E-state index in [1.807, 2.05) is 37.3 Å². The van der Waals surface area contributed by atoms with E-state index >= 15 is 0 Å². The highest BCUT2D eigenvalue weighted by Gasteiger charge is 2.09. The van der Waals surface area contributed by atoms with Crippen LogP contribution in [0.25, 0.3) is 0 Å². The molecule has 0 saturated heterocycles. The van der Waals surface area contributed by atoms with Crippen molar-refractivity contribution in [2.75, 3.05) is 19.8 Å². The van der Waals surface area contributed by atoms with Crippen LogP contribution < -0.4 is 10.1 Å². The standard InChI is InChI=1S/C18H18BrNO4/c1-13-5-7-16(8-6-13)23-9-10-24-17(21)12-20-18(22)14-3-2-4-15(19)11-14/h2-8,11H,9-10,12H2,1H3,(H,20,22). The van der Waals surface area contributed by atoms with Crippen molar-refractivity contribution in [3.63, 3.8) is 0 Å². The number of rotatable bonds is 7. The van der Waals surface area contributed by atoms with Gasteiger partial charge in [0, 0.05) is 10.0 Å². The Kier molecular flexibility index (Phi) is 6.81. The van der Waals surface area contributed by atoms with Gasteiger partial charge in [-0.1, -0.05) is 39.7 Å². The molecule has 0 radical (unpaired) electrons. The molecule has 0 spiro atoms. The largest absolute Gasteiger partial charge is 0.490 e. The van der Waals surface area contributed by atoms with Crippen molar-refractivity contribution in [3.8, 4) is 5.75 Å². The summed E-state index contributed by atoms with van der Waals surface area (Å²) in [5.41, 5.74) is 1.62. The summed E-state index contributed by atoms with van der Waals surface area (Å²) in [5.74, 6) is -0.116. The average molecular weight is 392 g/mol. The Morgan fingerprint density at radius 1 is 1.08 bits per heavy atom. The number of carbonyl (C=O) groups is 2. The van der Waals surface area contributed by atoms with E-state index in [4.69, 9.17) is 9.47 Å². The highest BCUT2D eigenvalue weighted by Crippen LogP contribution is 2.12. The molecule has 0 aliphatic rings. The van der Waals surface area contributed by atoms with E-state index in [9.17, 15) is 9.59 Å². The number of esters is 1. The monoisotopic (exact) mass is 391 g/mol. The first-order valence-electron chi connectivity index (χ1n) is 7.43. The van der Waals surface area contributed by atoms with Crippen LogP contribution in [0.5, 0.6) is 5.75 Å². The maximum atomic E-state index is 11.9. The zero-order valence-corrected chi connectivity index (χ0v) is 14.8. The summed E-state index contributed by atoms with van der Waals surface area (Å²) in [5, 5.41) is 2.52. The molecule has 0 fully saturated rings. The normalized spacial score (nSPS) is 10.1. The number of nitrogens with one attached hydrogen (secondary N) is 1. The van der Waals surface area contributed by atoms with E-state index in [-0.39, 0.29) is 25.7 Å². The Balaban J connectivity index is 1.64. The maximum absolute atomic E-state index is 11.9. The van der Waals surface area contributed by atoms with Gasteiger partial charge in [0.25, 0.3) is 5.91 Å². The lowest BCUT2D eigenvalue weighted by Crippen LogP contribution is -2.31. The summed E-state index contributed by atoms with van der Waals surface area (Å²) in [7, 11) is 0. The van der Waals surface area contributed by atoms with Crippen LogP contribution in [0.3, 0.4) is 0 Å². The van der Waals surface area contributed by atoms with E-state index in [2.05, 4.69) is 21.2 Å². The highest BCUT2D eigenvalue weighted by molar-refractivity contribution is 9.10. The molecule has 5 nitrogen and oxygen atoms in total. The highest BCUT2D eigenvalue weighted by atomic mass is 79.9. The van der Waals surface area contributed by atoms with Crippen LogP contribution in [0.1, 0.15) is 15.9 Å². The number of amides is 1. The zero-order chi connectivity index (χ0) is 17.4. The van der Waals surface area contributed by atoms with Crippen molar-refractivity contribution in [1.82, 2.24) is 5.32 Å². The van der Waals surface area contributed by atoms with E-state index in [1.165, 1.54) is 0 Å². The van der Waals surface area contributed by atoms with Gasteiger partial charge in [0.15, 0.2) is 0 Å². The van der Waals surface area contributed by atoms with Crippen LogP contribution in [-0.2, 0) is 9.53 Å². The summed E-state index contributed by atoms with van der Waals surface area (Å²) in [4.78, 5) is 23.5. The van der Waals surface area contributed by atoms with Crippen LogP contribution >= 0.6 is 15.9 Å². The third-order valence-corrected chi connectivity index (χ3v) is 3.61. The SMILES string of the molecule is Cc1ccc(OCCOC(=O)CNC(=O)c2cccc(Br)c2)cc1. The predicted molar refractivity (Wildman–Crippen MR) is 94.1 cm³/mol. The summed E-state index contributed by atoms with van der Waals surface area (Å²) in [6, 6.07) is 14.5. The van der Waals surface area contributed by atoms with Gasteiger partial charge < -0.3 is 14.8 Å². The molecule has 126 valence electrons. The molecule has 24 heavy (non-hydrogen) atoms. The fourth-order valence-corrected chi connectivity index (χ4v) is 2.28. The van der Waals surface area contributed by atoms with Gasteiger partial charge in [-0.05, 0) is 37.3 Å². The lowest BCUT2D eigenvalue weighted by Gasteiger charge is -2.08. The number of hydrogen-bond acceptors (Lipinski definition) is 4. The minimum absolute atomic E-state index is 0.124. The Morgan fingerprint density at radius 2 is 1.83 bits per heavy atom. The Hall–Kier alpha value is -2.34. The van der Waals surface area contributed by atoms with Gasteiger partial charge in [-0.25, -0.2) is 0 Å². The van der Waals surface area contributed by atoms with Crippen molar-refractivity contribution in [2.45, 2.75) is 6.92 Å². The van der Waals surface area contributed by atoms with Crippen LogP contribution in [0, 0.1) is 6.92 Å². The van der Waals surface area contributed by atoms with Crippen LogP contribution in [0.15, 0.2) is 53.0 Å². The first kappa shape index (κ1) is 18.0. The van der Waals surface area contributed by atoms with Crippen LogP contribution in [0.4, 0.5) is 0 Å². The van der Waals surface area contributed by atoms with Crippen molar-refractivity contribution in [1.29, 1.82) is 0 Å². The lowest BCUT2D eigenvalue weighted by molar-refractivity contribution is -0.143. The molecule has 0 bridgehead atoms. The van der Waals surface area contributed by atoms with Gasteiger partial charge in [-0.15, -0.1) is 0 Å². The molecule has 1 N–H and O–H groups in total. The molecule has 6 heteroatoms. The second kappa shape index (κ2) is 9.08. The molecule has 0 aliphatic heterocycles. The third kappa shape index (κ3) is 6.04. The topological polar surface area (TPSA) is 64.6 Å². The first-order chi connectivity index (χ1) is 11.5. The molecule has 2 aromatic carbocycles. The minimum Gasteiger partial charge on any atom is -0.490 e. The van der Waals surface area contributed by atoms with E-state index < -0.39 is 5.97 Å². The Morgan fingerprint density at radius 3 is 2.54 bits per heavy atom. The van der Waals surface area contributed by atoms with Gasteiger partial charge in [0.05, 0.1) is 0 Å². The molecule has 0 unspecified atom stereocenters. The number of benzene rings is 2. The lowest BCUT2D eigenvalue weighted by atomic mass is 10.2. The molecule has 2 aromatic rings. The number of aryl methyl sites for hydroxylation is 1. The second-order valence-electron chi connectivity index (χ2n) is 5.08. The predicted octanol–water partition coefficient (Wildman–Crippen LogP) is 3.11. The quantitative estimate of drug-likeness (QED) is 0.581. The second-order valence-corrected chi connectivity index (χ2v) is 5.99. The Labute approximate surface area is 149 Å². The molecule has 0 saturated carbocycles. The van der Waals surface area contributed by atoms with E-state index in [1.54, 1.807) is 18.2 Å². The van der Waals surface area contributed by atoms with Crippen molar-refractivity contribution < 1.29 is 19.1 Å².